The minimum absolute atomic E-state index is 0.0743. The first-order chi connectivity index (χ1) is 14.4. The fourth-order valence-electron chi connectivity index (χ4n) is 2.85. The van der Waals surface area contributed by atoms with E-state index in [1.54, 1.807) is 0 Å². The summed E-state index contributed by atoms with van der Waals surface area (Å²) in [5.74, 6) is 2.53. The monoisotopic (exact) mass is 441 g/mol. The van der Waals surface area contributed by atoms with E-state index in [2.05, 4.69) is 12.2 Å². The van der Waals surface area contributed by atoms with Gasteiger partial charge in [0.05, 0.1) is 12.2 Å². The minimum Gasteiger partial charge on any atom is -0.486 e. The molecule has 0 saturated carbocycles. The Morgan fingerprint density at radius 3 is 2.33 bits per heavy atom. The Morgan fingerprint density at radius 1 is 1.00 bits per heavy atom. The second-order valence-corrected chi connectivity index (χ2v) is 8.13. The van der Waals surface area contributed by atoms with Crippen molar-refractivity contribution in [3.05, 3.63) is 65.7 Å². The van der Waals surface area contributed by atoms with Crippen molar-refractivity contribution >= 4 is 11.8 Å². The van der Waals surface area contributed by atoms with E-state index in [1.807, 2.05) is 49.0 Å². The molecule has 0 radical (unpaired) electrons. The SMILES string of the molecule is CCCSCCOC(C)NCCC(Oc1ccc(C(F)(F)F)cc1)c1ccccc1. The van der Waals surface area contributed by atoms with Gasteiger partial charge in [0, 0.05) is 18.7 Å². The summed E-state index contributed by atoms with van der Waals surface area (Å²) in [6, 6.07) is 14.5. The maximum Gasteiger partial charge on any atom is 0.416 e. The van der Waals surface area contributed by atoms with E-state index in [0.717, 1.165) is 35.6 Å². The molecule has 0 spiro atoms. The molecule has 7 heteroatoms. The van der Waals surface area contributed by atoms with E-state index >= 15 is 0 Å². The van der Waals surface area contributed by atoms with E-state index < -0.39 is 11.7 Å². The minimum atomic E-state index is -4.35. The molecule has 0 aliphatic heterocycles. The van der Waals surface area contributed by atoms with E-state index in [0.29, 0.717) is 25.3 Å². The van der Waals surface area contributed by atoms with Gasteiger partial charge in [0.25, 0.3) is 0 Å². The number of benzene rings is 2. The molecule has 0 bridgehead atoms. The third kappa shape index (κ3) is 8.98. The maximum atomic E-state index is 12.8. The normalized spacial score (nSPS) is 13.8. The Hall–Kier alpha value is -1.70. The van der Waals surface area contributed by atoms with Crippen LogP contribution in [-0.4, -0.2) is 30.9 Å². The molecule has 2 aromatic carbocycles. The summed E-state index contributed by atoms with van der Waals surface area (Å²) in [5.41, 5.74) is 0.291. The van der Waals surface area contributed by atoms with Crippen molar-refractivity contribution in [3.63, 3.8) is 0 Å². The molecule has 1 N–H and O–H groups in total. The van der Waals surface area contributed by atoms with Gasteiger partial charge in [0.15, 0.2) is 0 Å². The lowest BCUT2D eigenvalue weighted by Crippen LogP contribution is -2.31. The Balaban J connectivity index is 1.88. The van der Waals surface area contributed by atoms with Crippen molar-refractivity contribution < 1.29 is 22.6 Å². The fourth-order valence-corrected chi connectivity index (χ4v) is 3.56. The Morgan fingerprint density at radius 2 is 1.70 bits per heavy atom. The second-order valence-electron chi connectivity index (χ2n) is 6.91. The van der Waals surface area contributed by atoms with Crippen LogP contribution in [0.2, 0.25) is 0 Å². The van der Waals surface area contributed by atoms with Gasteiger partial charge in [-0.2, -0.15) is 24.9 Å². The Kier molecular flexibility index (Phi) is 10.5. The number of rotatable bonds is 13. The zero-order chi connectivity index (χ0) is 21.8. The average molecular weight is 442 g/mol. The first kappa shape index (κ1) is 24.6. The zero-order valence-electron chi connectivity index (χ0n) is 17.5. The van der Waals surface area contributed by atoms with Gasteiger partial charge < -0.3 is 9.47 Å². The zero-order valence-corrected chi connectivity index (χ0v) is 18.3. The molecule has 30 heavy (non-hydrogen) atoms. The molecular formula is C23H30F3NO2S. The lowest BCUT2D eigenvalue weighted by Gasteiger charge is -2.22. The van der Waals surface area contributed by atoms with Gasteiger partial charge in [0.1, 0.15) is 18.1 Å². The van der Waals surface area contributed by atoms with Crippen LogP contribution in [0.25, 0.3) is 0 Å². The lowest BCUT2D eigenvalue weighted by atomic mass is 10.1. The molecule has 0 aliphatic rings. The molecular weight excluding hydrogens is 411 g/mol. The Bertz CT molecular complexity index is 711. The highest BCUT2D eigenvalue weighted by molar-refractivity contribution is 7.99. The van der Waals surface area contributed by atoms with Crippen molar-refractivity contribution in [1.29, 1.82) is 0 Å². The van der Waals surface area contributed by atoms with Crippen molar-refractivity contribution in [2.75, 3.05) is 24.7 Å². The summed E-state index contributed by atoms with van der Waals surface area (Å²) >= 11 is 1.88. The van der Waals surface area contributed by atoms with Gasteiger partial charge >= 0.3 is 6.18 Å². The van der Waals surface area contributed by atoms with Crippen LogP contribution >= 0.6 is 11.8 Å². The van der Waals surface area contributed by atoms with Crippen molar-refractivity contribution in [2.45, 2.75) is 45.2 Å². The molecule has 0 amide bonds. The molecule has 2 unspecified atom stereocenters. The van der Waals surface area contributed by atoms with Crippen LogP contribution in [0.15, 0.2) is 54.6 Å². The van der Waals surface area contributed by atoms with Gasteiger partial charge in [-0.05, 0) is 48.9 Å². The van der Waals surface area contributed by atoms with Gasteiger partial charge in [-0.3, -0.25) is 5.32 Å². The van der Waals surface area contributed by atoms with E-state index in [1.165, 1.54) is 12.1 Å². The van der Waals surface area contributed by atoms with Gasteiger partial charge in [-0.25, -0.2) is 0 Å². The van der Waals surface area contributed by atoms with Crippen LogP contribution in [0.3, 0.4) is 0 Å². The highest BCUT2D eigenvalue weighted by Crippen LogP contribution is 2.31. The summed E-state index contributed by atoms with van der Waals surface area (Å²) in [4.78, 5) is 0. The molecule has 166 valence electrons. The molecule has 3 nitrogen and oxygen atoms in total. The highest BCUT2D eigenvalue weighted by Gasteiger charge is 2.30. The Labute approximate surface area is 181 Å². The van der Waals surface area contributed by atoms with E-state index in [-0.39, 0.29) is 12.3 Å². The smallest absolute Gasteiger partial charge is 0.416 e. The molecule has 2 aromatic rings. The summed E-state index contributed by atoms with van der Waals surface area (Å²) < 4.78 is 50.1. The van der Waals surface area contributed by atoms with E-state index in [4.69, 9.17) is 9.47 Å². The summed E-state index contributed by atoms with van der Waals surface area (Å²) in [6.45, 7) is 5.49. The topological polar surface area (TPSA) is 30.5 Å². The van der Waals surface area contributed by atoms with E-state index in [9.17, 15) is 13.2 Å². The predicted molar refractivity (Wildman–Crippen MR) is 117 cm³/mol. The number of ether oxygens (including phenoxy) is 2. The molecule has 0 aromatic heterocycles. The molecule has 2 rings (SSSR count). The number of nitrogens with one attached hydrogen (secondary N) is 1. The summed E-state index contributed by atoms with van der Waals surface area (Å²) in [6.07, 6.45) is -2.88. The first-order valence-corrected chi connectivity index (χ1v) is 11.4. The van der Waals surface area contributed by atoms with Gasteiger partial charge in [-0.15, -0.1) is 0 Å². The lowest BCUT2D eigenvalue weighted by molar-refractivity contribution is -0.137. The summed E-state index contributed by atoms with van der Waals surface area (Å²) in [7, 11) is 0. The van der Waals surface area contributed by atoms with Crippen LogP contribution in [-0.2, 0) is 10.9 Å². The van der Waals surface area contributed by atoms with Crippen molar-refractivity contribution in [2.24, 2.45) is 0 Å². The average Bonchev–Trinajstić information content (AvgIpc) is 2.73. The molecule has 0 saturated heterocycles. The van der Waals surface area contributed by atoms with Gasteiger partial charge in [-0.1, -0.05) is 37.3 Å². The largest absolute Gasteiger partial charge is 0.486 e. The van der Waals surface area contributed by atoms with Gasteiger partial charge in [0.2, 0.25) is 0 Å². The standard InChI is InChI=1S/C23H30F3NO2S/c1-3-16-30-17-15-28-18(2)27-14-13-22(19-7-5-4-6-8-19)29-21-11-9-20(10-12-21)23(24,25)26/h4-12,18,22,27H,3,13-17H2,1-2H3. The van der Waals surface area contributed by atoms with Crippen LogP contribution < -0.4 is 10.1 Å². The molecule has 0 fully saturated rings. The number of alkyl halides is 3. The third-order valence-electron chi connectivity index (χ3n) is 4.41. The number of hydrogen-bond acceptors (Lipinski definition) is 4. The summed E-state index contributed by atoms with van der Waals surface area (Å²) in [5, 5.41) is 3.33. The number of halogens is 3. The fraction of sp³-hybridized carbons (Fsp3) is 0.478. The van der Waals surface area contributed by atoms with Crippen molar-refractivity contribution in [3.8, 4) is 5.75 Å². The molecule has 0 heterocycles. The van der Waals surface area contributed by atoms with Crippen LogP contribution in [0.1, 0.15) is 43.9 Å². The number of thioether (sulfide) groups is 1. The number of hydrogen-bond donors (Lipinski definition) is 1. The quantitative estimate of drug-likeness (QED) is 0.291. The van der Waals surface area contributed by atoms with Crippen LogP contribution in [0.4, 0.5) is 13.2 Å². The second kappa shape index (κ2) is 12.9. The predicted octanol–water partition coefficient (Wildman–Crippen LogP) is 6.31. The first-order valence-electron chi connectivity index (χ1n) is 10.2. The maximum absolute atomic E-state index is 12.8. The third-order valence-corrected chi connectivity index (χ3v) is 5.57. The van der Waals surface area contributed by atoms with Crippen LogP contribution in [0, 0.1) is 0 Å². The molecule has 2 atom stereocenters. The molecule has 0 aliphatic carbocycles. The highest BCUT2D eigenvalue weighted by atomic mass is 32.2. The van der Waals surface area contributed by atoms with Crippen LogP contribution in [0.5, 0.6) is 5.75 Å². The van der Waals surface area contributed by atoms with Crippen molar-refractivity contribution in [1.82, 2.24) is 5.32 Å².